The van der Waals surface area contributed by atoms with Crippen molar-refractivity contribution >= 4 is 29.5 Å². The third kappa shape index (κ3) is 14.4. The molecule has 0 heterocycles. The van der Waals surface area contributed by atoms with Gasteiger partial charge in [-0.3, -0.25) is 24.0 Å². The molecule has 0 radical (unpaired) electrons. The highest BCUT2D eigenvalue weighted by atomic mass is 16.5. The molecule has 0 bridgehead atoms. The van der Waals surface area contributed by atoms with E-state index in [4.69, 9.17) is 4.74 Å². The van der Waals surface area contributed by atoms with Crippen LogP contribution in [0.3, 0.4) is 0 Å². The summed E-state index contributed by atoms with van der Waals surface area (Å²) >= 11 is 0. The smallest absolute Gasteiger partial charge is 0.251 e. The van der Waals surface area contributed by atoms with E-state index in [1.807, 2.05) is 34.6 Å². The van der Waals surface area contributed by atoms with Crippen molar-refractivity contribution in [3.05, 3.63) is 34.9 Å². The molecule has 0 spiro atoms. The van der Waals surface area contributed by atoms with Gasteiger partial charge in [0.15, 0.2) is 0 Å². The molecule has 1 aromatic rings. The fourth-order valence-electron chi connectivity index (χ4n) is 5.11. The minimum atomic E-state index is -0.532. The fraction of sp³-hybridized carbons (Fsp3) is 0.676. The van der Waals surface area contributed by atoms with Crippen LogP contribution in [0, 0.1) is 24.7 Å². The summed E-state index contributed by atoms with van der Waals surface area (Å²) in [5.41, 5.74) is 1.20. The Balaban J connectivity index is 2.73. The van der Waals surface area contributed by atoms with Crippen LogP contribution in [-0.4, -0.2) is 86.9 Å². The molecule has 0 saturated heterocycles. The van der Waals surface area contributed by atoms with Gasteiger partial charge < -0.3 is 30.9 Å². The molecule has 0 aliphatic heterocycles. The van der Waals surface area contributed by atoms with Crippen molar-refractivity contribution in [3.63, 3.8) is 0 Å². The number of benzene rings is 1. The number of nitrogens with one attached hydrogen (secondary N) is 4. The normalized spacial score (nSPS) is 12.7. The highest BCUT2D eigenvalue weighted by Crippen LogP contribution is 2.26. The maximum atomic E-state index is 13.5. The number of aryl methyl sites for hydroxylation is 1. The van der Waals surface area contributed by atoms with Crippen LogP contribution in [0.4, 0.5) is 0 Å². The molecule has 11 heteroatoms. The minimum absolute atomic E-state index is 0.00738. The van der Waals surface area contributed by atoms with Crippen molar-refractivity contribution in [3.8, 4) is 0 Å². The third-order valence-corrected chi connectivity index (χ3v) is 7.99. The lowest BCUT2D eigenvalue weighted by molar-refractivity contribution is -0.144. The van der Waals surface area contributed by atoms with Gasteiger partial charge in [-0.05, 0) is 82.1 Å². The molecule has 0 fully saturated rings. The van der Waals surface area contributed by atoms with Crippen LogP contribution in [0.1, 0.15) is 99.9 Å². The summed E-state index contributed by atoms with van der Waals surface area (Å²) < 4.78 is 6.21. The molecule has 1 aromatic carbocycles. The number of ether oxygens (including phenoxy) is 1. The van der Waals surface area contributed by atoms with Crippen molar-refractivity contribution in [2.24, 2.45) is 17.8 Å². The first-order valence-electron chi connectivity index (χ1n) is 16.2. The fourth-order valence-corrected chi connectivity index (χ4v) is 5.11. The average Bonchev–Trinajstić information content (AvgIpc) is 2.98. The van der Waals surface area contributed by atoms with Gasteiger partial charge in [0.05, 0.1) is 5.60 Å². The molecule has 1 rings (SSSR count). The molecule has 0 aliphatic carbocycles. The minimum Gasteiger partial charge on any atom is -0.375 e. The van der Waals surface area contributed by atoms with E-state index < -0.39 is 5.60 Å². The first kappa shape index (κ1) is 39.6. The zero-order valence-electron chi connectivity index (χ0n) is 28.9. The highest BCUT2D eigenvalue weighted by Gasteiger charge is 2.31. The van der Waals surface area contributed by atoms with E-state index in [1.165, 1.54) is 19.0 Å². The first-order chi connectivity index (χ1) is 21.2. The SMILES string of the molecule is CCC(CCOC(C)(C)CCNC(=O)c1cc(C)cc(C(=O)NCCC(C)C)c1)C(CC)C(=O)N(CC(=O)NC)CC(=O)NC. The van der Waals surface area contributed by atoms with Gasteiger partial charge in [-0.1, -0.05) is 34.1 Å². The summed E-state index contributed by atoms with van der Waals surface area (Å²) in [6, 6.07) is 5.16. The van der Waals surface area contributed by atoms with E-state index in [0.29, 0.717) is 56.0 Å². The van der Waals surface area contributed by atoms with Crippen molar-refractivity contribution in [2.75, 3.05) is 46.9 Å². The summed E-state index contributed by atoms with van der Waals surface area (Å²) in [5.74, 6) is -1.19. The Labute approximate surface area is 270 Å². The predicted molar refractivity (Wildman–Crippen MR) is 177 cm³/mol. The Bertz CT molecular complexity index is 1120. The van der Waals surface area contributed by atoms with Crippen molar-refractivity contribution in [1.82, 2.24) is 26.2 Å². The molecule has 2 atom stereocenters. The second-order valence-corrected chi connectivity index (χ2v) is 12.7. The topological polar surface area (TPSA) is 146 Å². The van der Waals surface area contributed by atoms with Crippen LogP contribution in [-0.2, 0) is 19.1 Å². The van der Waals surface area contributed by atoms with Crippen LogP contribution >= 0.6 is 0 Å². The van der Waals surface area contributed by atoms with Crippen molar-refractivity contribution in [1.29, 1.82) is 0 Å². The number of rotatable bonds is 20. The van der Waals surface area contributed by atoms with Gasteiger partial charge >= 0.3 is 0 Å². The largest absolute Gasteiger partial charge is 0.375 e. The van der Waals surface area contributed by atoms with Crippen LogP contribution in [0.5, 0.6) is 0 Å². The molecule has 0 aromatic heterocycles. The quantitative estimate of drug-likeness (QED) is 0.173. The molecule has 2 unspecified atom stereocenters. The molecule has 254 valence electrons. The van der Waals surface area contributed by atoms with Gasteiger partial charge in [0.2, 0.25) is 17.7 Å². The average molecular weight is 632 g/mol. The van der Waals surface area contributed by atoms with Crippen LogP contribution in [0.25, 0.3) is 0 Å². The first-order valence-corrected chi connectivity index (χ1v) is 16.2. The van der Waals surface area contributed by atoms with E-state index in [1.54, 1.807) is 18.2 Å². The molecular formula is C34H57N5O6. The molecule has 0 saturated carbocycles. The van der Waals surface area contributed by atoms with Gasteiger partial charge in [0, 0.05) is 50.8 Å². The number of carbonyl (C=O) groups excluding carboxylic acids is 5. The molecule has 45 heavy (non-hydrogen) atoms. The summed E-state index contributed by atoms with van der Waals surface area (Å²) in [6.45, 7) is 15.0. The lowest BCUT2D eigenvalue weighted by Gasteiger charge is -2.31. The molecule has 4 N–H and O–H groups in total. The van der Waals surface area contributed by atoms with Crippen LogP contribution in [0.2, 0.25) is 0 Å². The number of hydrogen-bond donors (Lipinski definition) is 4. The number of nitrogens with zero attached hydrogens (tertiary/aromatic N) is 1. The van der Waals surface area contributed by atoms with Gasteiger partial charge in [-0.2, -0.15) is 0 Å². The number of carbonyl (C=O) groups is 5. The summed E-state index contributed by atoms with van der Waals surface area (Å²) in [4.78, 5) is 64.4. The van der Waals surface area contributed by atoms with Gasteiger partial charge in [0.1, 0.15) is 13.1 Å². The van der Waals surface area contributed by atoms with E-state index in [9.17, 15) is 24.0 Å². The monoisotopic (exact) mass is 631 g/mol. The summed E-state index contributed by atoms with van der Waals surface area (Å²) in [7, 11) is 2.99. The third-order valence-electron chi connectivity index (χ3n) is 7.99. The van der Waals surface area contributed by atoms with Crippen molar-refractivity contribution < 1.29 is 28.7 Å². The Morgan fingerprint density at radius 1 is 0.822 bits per heavy atom. The van der Waals surface area contributed by atoms with E-state index in [0.717, 1.165) is 18.4 Å². The van der Waals surface area contributed by atoms with E-state index in [-0.39, 0.29) is 54.5 Å². The Hall–Kier alpha value is -3.47. The number of likely N-dealkylation sites (N-methyl/N-ethyl adjacent to an activating group) is 2. The summed E-state index contributed by atoms with van der Waals surface area (Å²) in [5, 5.41) is 10.9. The molecule has 5 amide bonds. The predicted octanol–water partition coefficient (Wildman–Crippen LogP) is 3.45. The molecular weight excluding hydrogens is 574 g/mol. The summed E-state index contributed by atoms with van der Waals surface area (Å²) in [6.07, 6.45) is 3.40. The maximum Gasteiger partial charge on any atom is 0.251 e. The van der Waals surface area contributed by atoms with Gasteiger partial charge in [-0.25, -0.2) is 0 Å². The van der Waals surface area contributed by atoms with Crippen molar-refractivity contribution in [2.45, 2.75) is 86.2 Å². The molecule has 11 nitrogen and oxygen atoms in total. The lowest BCUT2D eigenvalue weighted by Crippen LogP contribution is -2.48. The standard InChI is InChI=1S/C34H57N5O6/c1-10-25(28(11-2)33(44)39(21-29(40)35-8)22-30(41)36-9)13-17-45-34(6,7)14-16-38-32(43)27-19-24(5)18-26(20-27)31(42)37-15-12-23(3)4/h18-20,23,25,28H,10-17,21-22H2,1-9H3,(H,35,40)(H,36,41)(H,37,42)(H,38,43). The zero-order chi connectivity index (χ0) is 34.2. The second-order valence-electron chi connectivity index (χ2n) is 12.7. The maximum absolute atomic E-state index is 13.5. The second kappa shape index (κ2) is 19.8. The van der Waals surface area contributed by atoms with Gasteiger partial charge in [0.25, 0.3) is 11.8 Å². The van der Waals surface area contributed by atoms with E-state index >= 15 is 0 Å². The molecule has 0 aliphatic rings. The Morgan fingerprint density at radius 3 is 1.82 bits per heavy atom. The lowest BCUT2D eigenvalue weighted by atomic mass is 9.84. The van der Waals surface area contributed by atoms with E-state index in [2.05, 4.69) is 35.1 Å². The Kier molecular flexibility index (Phi) is 17.4. The van der Waals surface area contributed by atoms with Crippen LogP contribution < -0.4 is 21.3 Å². The number of amides is 5. The highest BCUT2D eigenvalue weighted by molar-refractivity contribution is 6.00. The zero-order valence-corrected chi connectivity index (χ0v) is 28.9. The number of hydrogen-bond acceptors (Lipinski definition) is 6. The Morgan fingerprint density at radius 2 is 1.36 bits per heavy atom. The van der Waals surface area contributed by atoms with Crippen LogP contribution in [0.15, 0.2) is 18.2 Å². The van der Waals surface area contributed by atoms with Gasteiger partial charge in [-0.15, -0.1) is 0 Å².